The van der Waals surface area contributed by atoms with Crippen molar-refractivity contribution in [2.24, 2.45) is 10.9 Å². The van der Waals surface area contributed by atoms with Crippen LogP contribution in [0.3, 0.4) is 0 Å². The van der Waals surface area contributed by atoms with Crippen LogP contribution in [0.4, 0.5) is 5.69 Å². The van der Waals surface area contributed by atoms with E-state index < -0.39 is 10.0 Å². The highest BCUT2D eigenvalue weighted by molar-refractivity contribution is 7.88. The fraction of sp³-hybridized carbons (Fsp3) is 0.650. The summed E-state index contributed by atoms with van der Waals surface area (Å²) in [5, 5.41) is 4.28. The van der Waals surface area contributed by atoms with Gasteiger partial charge in [-0.05, 0) is 43.4 Å². The molecule has 162 valence electrons. The number of piperazine rings is 1. The van der Waals surface area contributed by atoms with E-state index in [4.69, 9.17) is 11.6 Å². The number of hydrogen-bond acceptors (Lipinski definition) is 4. The van der Waals surface area contributed by atoms with Gasteiger partial charge < -0.3 is 15.1 Å². The van der Waals surface area contributed by atoms with Crippen LogP contribution in [0, 0.1) is 12.8 Å². The zero-order valence-corrected chi connectivity index (χ0v) is 19.1. The van der Waals surface area contributed by atoms with Crippen molar-refractivity contribution in [1.82, 2.24) is 14.5 Å². The molecule has 0 bridgehead atoms. The molecule has 2 fully saturated rings. The van der Waals surface area contributed by atoms with Crippen LogP contribution in [0.25, 0.3) is 0 Å². The zero-order chi connectivity index (χ0) is 21.0. The molecule has 0 saturated carbocycles. The molecule has 1 aromatic rings. The molecule has 0 spiro atoms. The second kappa shape index (κ2) is 9.53. The zero-order valence-electron chi connectivity index (χ0n) is 17.6. The predicted molar refractivity (Wildman–Crippen MR) is 120 cm³/mol. The van der Waals surface area contributed by atoms with Crippen LogP contribution in [0.1, 0.15) is 18.4 Å². The van der Waals surface area contributed by atoms with Crippen LogP contribution >= 0.6 is 11.6 Å². The molecule has 1 aromatic carbocycles. The predicted octanol–water partition coefficient (Wildman–Crippen LogP) is 2.02. The molecule has 2 aliphatic heterocycles. The van der Waals surface area contributed by atoms with Crippen molar-refractivity contribution in [3.05, 3.63) is 28.8 Å². The van der Waals surface area contributed by atoms with Crippen molar-refractivity contribution < 1.29 is 8.42 Å². The number of guanidine groups is 1. The molecule has 0 radical (unpaired) electrons. The van der Waals surface area contributed by atoms with E-state index in [-0.39, 0.29) is 0 Å². The average Bonchev–Trinajstić information content (AvgIpc) is 2.70. The summed E-state index contributed by atoms with van der Waals surface area (Å²) in [6, 6.07) is 6.05. The largest absolute Gasteiger partial charge is 0.368 e. The van der Waals surface area contributed by atoms with Gasteiger partial charge in [0.15, 0.2) is 5.96 Å². The molecule has 9 heteroatoms. The molecular formula is C20H32ClN5O2S. The second-order valence-corrected chi connectivity index (χ2v) is 10.4. The fourth-order valence-electron chi connectivity index (χ4n) is 4.10. The second-order valence-electron chi connectivity index (χ2n) is 7.94. The van der Waals surface area contributed by atoms with Gasteiger partial charge in [0.25, 0.3) is 0 Å². The highest BCUT2D eigenvalue weighted by atomic mass is 35.5. The third-order valence-electron chi connectivity index (χ3n) is 5.89. The van der Waals surface area contributed by atoms with Crippen LogP contribution in [-0.4, -0.2) is 82.7 Å². The minimum atomic E-state index is -3.07. The van der Waals surface area contributed by atoms with E-state index in [2.05, 4.69) is 33.1 Å². The van der Waals surface area contributed by atoms with Crippen LogP contribution in [0.2, 0.25) is 5.02 Å². The molecule has 7 nitrogen and oxygen atoms in total. The number of rotatable bonds is 4. The fourth-order valence-corrected chi connectivity index (χ4v) is 5.14. The third-order valence-corrected chi connectivity index (χ3v) is 7.43. The SMILES string of the molecule is CN=C(NCC1CCN(S(C)(=O)=O)CC1)N1CCN(c2cc(Cl)ccc2C)CC1. The first-order chi connectivity index (χ1) is 13.8. The Labute approximate surface area is 179 Å². The highest BCUT2D eigenvalue weighted by Gasteiger charge is 2.26. The van der Waals surface area contributed by atoms with Crippen molar-refractivity contribution >= 4 is 33.3 Å². The quantitative estimate of drug-likeness (QED) is 0.571. The van der Waals surface area contributed by atoms with E-state index in [0.29, 0.717) is 19.0 Å². The number of nitrogens with zero attached hydrogens (tertiary/aromatic N) is 4. The van der Waals surface area contributed by atoms with Crippen molar-refractivity contribution in [1.29, 1.82) is 0 Å². The number of hydrogen-bond donors (Lipinski definition) is 1. The summed E-state index contributed by atoms with van der Waals surface area (Å²) in [6.07, 6.45) is 3.07. The third kappa shape index (κ3) is 5.77. The number of aryl methyl sites for hydroxylation is 1. The lowest BCUT2D eigenvalue weighted by atomic mass is 9.98. The highest BCUT2D eigenvalue weighted by Crippen LogP contribution is 2.25. The maximum atomic E-state index is 11.7. The molecule has 0 aliphatic carbocycles. The number of halogens is 1. The molecule has 1 N–H and O–H groups in total. The lowest BCUT2D eigenvalue weighted by Crippen LogP contribution is -2.53. The first-order valence-electron chi connectivity index (χ1n) is 10.2. The molecule has 0 atom stereocenters. The molecule has 2 aliphatic rings. The van der Waals surface area contributed by atoms with Gasteiger partial charge in [0.05, 0.1) is 6.26 Å². The van der Waals surface area contributed by atoms with Gasteiger partial charge in [-0.1, -0.05) is 17.7 Å². The minimum Gasteiger partial charge on any atom is -0.368 e. The van der Waals surface area contributed by atoms with Crippen LogP contribution in [0.15, 0.2) is 23.2 Å². The van der Waals surface area contributed by atoms with Gasteiger partial charge in [0, 0.05) is 63.6 Å². The molecule has 0 aromatic heterocycles. The molecular weight excluding hydrogens is 410 g/mol. The summed E-state index contributed by atoms with van der Waals surface area (Å²) in [5.74, 6) is 1.40. The summed E-state index contributed by atoms with van der Waals surface area (Å²) < 4.78 is 24.9. The Balaban J connectivity index is 1.48. The van der Waals surface area contributed by atoms with Crippen LogP contribution in [-0.2, 0) is 10.0 Å². The standard InChI is InChI=1S/C20H32ClN5O2S/c1-16-4-5-18(21)14-19(16)24-10-12-25(13-11-24)20(22-2)23-15-17-6-8-26(9-7-17)29(3,27)28/h4-5,14,17H,6-13,15H2,1-3H3,(H,22,23). The Hall–Kier alpha value is -1.51. The number of aliphatic imine (C=N–C) groups is 1. The maximum absolute atomic E-state index is 11.7. The number of benzene rings is 1. The van der Waals surface area contributed by atoms with Gasteiger partial charge in [0.2, 0.25) is 10.0 Å². The van der Waals surface area contributed by atoms with Crippen molar-refractivity contribution in [3.8, 4) is 0 Å². The average molecular weight is 442 g/mol. The molecule has 29 heavy (non-hydrogen) atoms. The Morgan fingerprint density at radius 3 is 2.41 bits per heavy atom. The Kier molecular flexibility index (Phi) is 7.29. The van der Waals surface area contributed by atoms with Gasteiger partial charge in [-0.2, -0.15) is 0 Å². The van der Waals surface area contributed by atoms with E-state index in [1.54, 1.807) is 4.31 Å². The molecule has 3 rings (SSSR count). The van der Waals surface area contributed by atoms with E-state index in [9.17, 15) is 8.42 Å². The first kappa shape index (κ1) is 22.2. The van der Waals surface area contributed by atoms with Crippen LogP contribution < -0.4 is 10.2 Å². The topological polar surface area (TPSA) is 68.2 Å². The van der Waals surface area contributed by atoms with Crippen molar-refractivity contribution in [3.63, 3.8) is 0 Å². The van der Waals surface area contributed by atoms with E-state index in [1.807, 2.05) is 19.2 Å². The van der Waals surface area contributed by atoms with Gasteiger partial charge in [0.1, 0.15) is 0 Å². The van der Waals surface area contributed by atoms with E-state index >= 15 is 0 Å². The van der Waals surface area contributed by atoms with Gasteiger partial charge in [-0.15, -0.1) is 0 Å². The summed E-state index contributed by atoms with van der Waals surface area (Å²) in [5.41, 5.74) is 2.45. The molecule has 2 saturated heterocycles. The summed E-state index contributed by atoms with van der Waals surface area (Å²) in [4.78, 5) is 9.14. The normalized spacial score (nSPS) is 20.2. The van der Waals surface area contributed by atoms with E-state index in [1.165, 1.54) is 17.5 Å². The first-order valence-corrected chi connectivity index (χ1v) is 12.4. The summed E-state index contributed by atoms with van der Waals surface area (Å²) in [7, 11) is -1.25. The Morgan fingerprint density at radius 1 is 1.17 bits per heavy atom. The molecule has 0 unspecified atom stereocenters. The lowest BCUT2D eigenvalue weighted by molar-refractivity contribution is 0.271. The van der Waals surface area contributed by atoms with Crippen molar-refractivity contribution in [2.45, 2.75) is 19.8 Å². The molecule has 0 amide bonds. The van der Waals surface area contributed by atoms with Crippen molar-refractivity contribution in [2.75, 3.05) is 64.0 Å². The number of anilines is 1. The summed E-state index contributed by atoms with van der Waals surface area (Å²) >= 11 is 6.18. The molecule has 2 heterocycles. The lowest BCUT2D eigenvalue weighted by Gasteiger charge is -2.39. The van der Waals surface area contributed by atoms with Crippen LogP contribution in [0.5, 0.6) is 0 Å². The van der Waals surface area contributed by atoms with Gasteiger partial charge >= 0.3 is 0 Å². The maximum Gasteiger partial charge on any atom is 0.211 e. The smallest absolute Gasteiger partial charge is 0.211 e. The monoisotopic (exact) mass is 441 g/mol. The Morgan fingerprint density at radius 2 is 1.83 bits per heavy atom. The number of piperidine rings is 1. The Bertz CT molecular complexity index is 829. The minimum absolute atomic E-state index is 0.472. The summed E-state index contributed by atoms with van der Waals surface area (Å²) in [6.45, 7) is 7.83. The van der Waals surface area contributed by atoms with Gasteiger partial charge in [-0.25, -0.2) is 12.7 Å². The number of sulfonamides is 1. The van der Waals surface area contributed by atoms with E-state index in [0.717, 1.165) is 56.5 Å². The van der Waals surface area contributed by atoms with Gasteiger partial charge in [-0.3, -0.25) is 4.99 Å². The number of nitrogens with one attached hydrogen (secondary N) is 1.